The molecule has 0 saturated heterocycles. The predicted octanol–water partition coefficient (Wildman–Crippen LogP) is 1.02. The Bertz CT molecular complexity index is 585. The first-order valence-corrected chi connectivity index (χ1v) is 6.31. The average molecular weight is 282 g/mol. The lowest BCUT2D eigenvalue weighted by Crippen LogP contribution is -2.27. The maximum atomic E-state index is 13.6. The summed E-state index contributed by atoms with van der Waals surface area (Å²) in [5.74, 6) is -3.65. The smallest absolute Gasteiger partial charge is 0.296 e. The van der Waals surface area contributed by atoms with E-state index in [1.807, 2.05) is 0 Å². The summed E-state index contributed by atoms with van der Waals surface area (Å²) in [5.41, 5.74) is 0.889. The fourth-order valence-corrected chi connectivity index (χ4v) is 1.94. The highest BCUT2D eigenvalue weighted by molar-refractivity contribution is 5.98. The van der Waals surface area contributed by atoms with Crippen LogP contribution in [-0.4, -0.2) is 20.7 Å². The molecule has 0 radical (unpaired) electrons. The SMILES string of the molecule is OC(O)(O[SiH3])c1ccc(-c2ccc(F)cc2F)cc1. The summed E-state index contributed by atoms with van der Waals surface area (Å²) >= 11 is 0. The molecule has 0 aromatic heterocycles. The van der Waals surface area contributed by atoms with Crippen molar-refractivity contribution in [2.45, 2.75) is 5.97 Å². The number of benzene rings is 2. The third kappa shape index (κ3) is 2.87. The van der Waals surface area contributed by atoms with Gasteiger partial charge in [0.15, 0.2) is 10.5 Å². The van der Waals surface area contributed by atoms with Crippen molar-refractivity contribution < 1.29 is 23.4 Å². The van der Waals surface area contributed by atoms with Crippen LogP contribution in [0.2, 0.25) is 0 Å². The minimum atomic E-state index is -2.33. The molecule has 2 rings (SSSR count). The summed E-state index contributed by atoms with van der Waals surface area (Å²) in [5, 5.41) is 19.0. The van der Waals surface area contributed by atoms with Gasteiger partial charge in [0.25, 0.3) is 5.97 Å². The first kappa shape index (κ1) is 13.8. The van der Waals surface area contributed by atoms with Crippen molar-refractivity contribution in [3.63, 3.8) is 0 Å². The lowest BCUT2D eigenvalue weighted by atomic mass is 10.0. The molecule has 0 atom stereocenters. The molecule has 3 nitrogen and oxygen atoms in total. The Balaban J connectivity index is 2.38. The Morgan fingerprint density at radius 1 is 1.00 bits per heavy atom. The molecule has 2 N–H and O–H groups in total. The molecule has 0 bridgehead atoms. The number of halogens is 2. The first-order valence-electron chi connectivity index (χ1n) is 5.50. The second kappa shape index (κ2) is 5.18. The molecule has 0 amide bonds. The van der Waals surface area contributed by atoms with Gasteiger partial charge >= 0.3 is 0 Å². The average Bonchev–Trinajstić information content (AvgIpc) is 2.39. The molecule has 0 spiro atoms. The summed E-state index contributed by atoms with van der Waals surface area (Å²) in [6.07, 6.45) is 0. The lowest BCUT2D eigenvalue weighted by molar-refractivity contribution is -0.303. The second-order valence-corrected chi connectivity index (χ2v) is 4.42. The summed E-state index contributed by atoms with van der Waals surface area (Å²) in [6.45, 7) is 0. The molecular weight excluding hydrogens is 270 g/mol. The normalized spacial score (nSPS) is 11.8. The molecule has 0 unspecified atom stereocenters. The molecule has 6 heteroatoms. The van der Waals surface area contributed by atoms with Crippen molar-refractivity contribution in [1.29, 1.82) is 0 Å². The summed E-state index contributed by atoms with van der Waals surface area (Å²) in [4.78, 5) is 0. The monoisotopic (exact) mass is 282 g/mol. The highest BCUT2D eigenvalue weighted by Crippen LogP contribution is 2.26. The predicted molar refractivity (Wildman–Crippen MR) is 68.9 cm³/mol. The topological polar surface area (TPSA) is 49.7 Å². The van der Waals surface area contributed by atoms with Crippen molar-refractivity contribution in [3.05, 3.63) is 59.7 Å². The minimum Gasteiger partial charge on any atom is -0.377 e. The van der Waals surface area contributed by atoms with Crippen molar-refractivity contribution in [3.8, 4) is 11.1 Å². The van der Waals surface area contributed by atoms with Crippen molar-refractivity contribution in [2.75, 3.05) is 0 Å². The zero-order valence-electron chi connectivity index (χ0n) is 10.1. The molecule has 0 aliphatic carbocycles. The molecule has 0 saturated carbocycles. The third-order valence-electron chi connectivity index (χ3n) is 2.79. The standard InChI is InChI=1S/C13H12F2O3Si/c14-10-5-6-11(12(15)7-10)8-1-3-9(4-2-8)13(16,17)18-19/h1-7,16-17H,19H3. The van der Waals surface area contributed by atoms with Crippen LogP contribution in [0.4, 0.5) is 8.78 Å². The van der Waals surface area contributed by atoms with Gasteiger partial charge in [-0.2, -0.15) is 0 Å². The second-order valence-electron chi connectivity index (χ2n) is 4.01. The van der Waals surface area contributed by atoms with Crippen LogP contribution in [0.25, 0.3) is 11.1 Å². The van der Waals surface area contributed by atoms with Crippen LogP contribution in [0.3, 0.4) is 0 Å². The van der Waals surface area contributed by atoms with Gasteiger partial charge in [-0.3, -0.25) is 0 Å². The van der Waals surface area contributed by atoms with Crippen molar-refractivity contribution >= 4 is 10.5 Å². The third-order valence-corrected chi connectivity index (χ3v) is 3.36. The summed E-state index contributed by atoms with van der Waals surface area (Å²) in [7, 11) is 0.152. The largest absolute Gasteiger partial charge is 0.377 e. The first-order chi connectivity index (χ1) is 8.94. The van der Waals surface area contributed by atoms with Crippen molar-refractivity contribution in [2.24, 2.45) is 0 Å². The molecule has 0 aliphatic rings. The van der Waals surface area contributed by atoms with E-state index in [0.717, 1.165) is 12.1 Å². The van der Waals surface area contributed by atoms with Crippen LogP contribution < -0.4 is 0 Å². The lowest BCUT2D eigenvalue weighted by Gasteiger charge is -2.20. The molecule has 0 fully saturated rings. The Kier molecular flexibility index (Phi) is 3.77. The van der Waals surface area contributed by atoms with E-state index in [1.54, 1.807) is 0 Å². The fraction of sp³-hybridized carbons (Fsp3) is 0.0769. The van der Waals surface area contributed by atoms with Crippen LogP contribution in [0.15, 0.2) is 42.5 Å². The van der Waals surface area contributed by atoms with E-state index in [4.69, 9.17) is 0 Å². The van der Waals surface area contributed by atoms with Gasteiger partial charge in [-0.25, -0.2) is 8.78 Å². The van der Waals surface area contributed by atoms with Crippen LogP contribution in [0, 0.1) is 11.6 Å². The van der Waals surface area contributed by atoms with Crippen LogP contribution in [-0.2, 0) is 10.4 Å². The van der Waals surface area contributed by atoms with E-state index in [-0.39, 0.29) is 21.6 Å². The molecule has 0 heterocycles. The maximum absolute atomic E-state index is 13.6. The highest BCUT2D eigenvalue weighted by Gasteiger charge is 2.24. The number of hydrogen-bond acceptors (Lipinski definition) is 3. The minimum absolute atomic E-state index is 0.147. The van der Waals surface area contributed by atoms with Gasteiger partial charge < -0.3 is 14.6 Å². The molecule has 19 heavy (non-hydrogen) atoms. The Morgan fingerprint density at radius 2 is 1.63 bits per heavy atom. The van der Waals surface area contributed by atoms with E-state index in [2.05, 4.69) is 4.43 Å². The van der Waals surface area contributed by atoms with Gasteiger partial charge in [0.2, 0.25) is 0 Å². The van der Waals surface area contributed by atoms with Gasteiger partial charge in [-0.1, -0.05) is 24.3 Å². The quantitative estimate of drug-likeness (QED) is 0.653. The Labute approximate surface area is 111 Å². The molecule has 100 valence electrons. The van der Waals surface area contributed by atoms with Gasteiger partial charge in [0.1, 0.15) is 11.6 Å². The molecule has 2 aromatic rings. The number of aliphatic hydroxyl groups is 2. The zero-order chi connectivity index (χ0) is 14.0. The van der Waals surface area contributed by atoms with Gasteiger partial charge in [-0.15, -0.1) is 0 Å². The number of hydrogen-bond donors (Lipinski definition) is 2. The van der Waals surface area contributed by atoms with E-state index in [0.29, 0.717) is 5.56 Å². The van der Waals surface area contributed by atoms with E-state index in [9.17, 15) is 19.0 Å². The molecule has 2 aromatic carbocycles. The molecule has 0 aliphatic heterocycles. The fourth-order valence-electron chi connectivity index (χ4n) is 1.71. The van der Waals surface area contributed by atoms with E-state index in [1.165, 1.54) is 30.3 Å². The highest BCUT2D eigenvalue weighted by atomic mass is 28.2. The van der Waals surface area contributed by atoms with Gasteiger partial charge in [0, 0.05) is 17.2 Å². The van der Waals surface area contributed by atoms with E-state index >= 15 is 0 Å². The summed E-state index contributed by atoms with van der Waals surface area (Å²) in [6, 6.07) is 9.13. The van der Waals surface area contributed by atoms with E-state index < -0.39 is 17.6 Å². The maximum Gasteiger partial charge on any atom is 0.296 e. The number of rotatable bonds is 3. The Morgan fingerprint density at radius 3 is 2.16 bits per heavy atom. The van der Waals surface area contributed by atoms with Gasteiger partial charge in [-0.05, 0) is 17.7 Å². The van der Waals surface area contributed by atoms with Gasteiger partial charge in [0.05, 0.1) is 0 Å². The molecular formula is C13H12F2O3Si. The van der Waals surface area contributed by atoms with Crippen LogP contribution in [0.5, 0.6) is 0 Å². The summed E-state index contributed by atoms with van der Waals surface area (Å²) < 4.78 is 31.0. The van der Waals surface area contributed by atoms with Crippen molar-refractivity contribution in [1.82, 2.24) is 0 Å². The van der Waals surface area contributed by atoms with Crippen LogP contribution >= 0.6 is 0 Å². The Hall–Kier alpha value is -1.60. The zero-order valence-corrected chi connectivity index (χ0v) is 12.1. The van der Waals surface area contributed by atoms with Crippen LogP contribution in [0.1, 0.15) is 5.56 Å².